The van der Waals surface area contributed by atoms with Gasteiger partial charge in [0.25, 0.3) is 0 Å². The maximum atomic E-state index is 11.4. The van der Waals surface area contributed by atoms with Crippen molar-refractivity contribution in [3.8, 4) is 0 Å². The summed E-state index contributed by atoms with van der Waals surface area (Å²) in [7, 11) is -1.73. The summed E-state index contributed by atoms with van der Waals surface area (Å²) in [6, 6.07) is 0. The number of hydrogen-bond donors (Lipinski definition) is 0. The van der Waals surface area contributed by atoms with E-state index in [4.69, 9.17) is 9.16 Å². The number of rotatable bonds is 8. The second-order valence-corrected chi connectivity index (χ2v) is 11.0. The van der Waals surface area contributed by atoms with Gasteiger partial charge in [0.2, 0.25) is 0 Å². The molecule has 0 aromatic rings. The van der Waals surface area contributed by atoms with Gasteiger partial charge in [0, 0.05) is 13.0 Å². The van der Waals surface area contributed by atoms with Gasteiger partial charge in [0.1, 0.15) is 6.10 Å². The average molecular weight is 284 g/mol. The van der Waals surface area contributed by atoms with Crippen molar-refractivity contribution in [3.63, 3.8) is 0 Å². The second-order valence-electron chi connectivity index (χ2n) is 6.15. The number of hydrogen-bond acceptors (Lipinski definition) is 3. The van der Waals surface area contributed by atoms with Gasteiger partial charge >= 0.3 is 5.97 Å². The van der Waals surface area contributed by atoms with E-state index in [1.54, 1.807) is 6.08 Å². The molecule has 0 bridgehead atoms. The fourth-order valence-corrected chi connectivity index (χ4v) is 2.27. The molecule has 0 aliphatic rings. The molecule has 1 atom stereocenters. The van der Waals surface area contributed by atoms with Crippen molar-refractivity contribution in [3.05, 3.63) is 25.3 Å². The third-order valence-electron chi connectivity index (χ3n) is 3.53. The molecule has 0 spiro atoms. The van der Waals surface area contributed by atoms with Gasteiger partial charge in [-0.05, 0) is 18.1 Å². The predicted molar refractivity (Wildman–Crippen MR) is 82.7 cm³/mol. The van der Waals surface area contributed by atoms with Crippen molar-refractivity contribution in [1.82, 2.24) is 0 Å². The van der Waals surface area contributed by atoms with Gasteiger partial charge in [-0.3, -0.25) is 4.79 Å². The summed E-state index contributed by atoms with van der Waals surface area (Å²) >= 11 is 0. The van der Waals surface area contributed by atoms with Crippen LogP contribution in [0, 0.1) is 0 Å². The Hall–Kier alpha value is -0.873. The second kappa shape index (κ2) is 7.65. The standard InChI is InChI=1S/C15H28O3Si/c1-8-10-14(16)18-13(9-2)11-12-17-19(6,7)15(3,4)5/h8-9,13H,1-2,10-12H2,3-7H3/t13-/m0/s1. The first kappa shape index (κ1) is 18.1. The zero-order valence-corrected chi connectivity index (χ0v) is 14.0. The van der Waals surface area contributed by atoms with E-state index < -0.39 is 8.32 Å². The molecule has 0 fully saturated rings. The van der Waals surface area contributed by atoms with Crippen LogP contribution in [0.5, 0.6) is 0 Å². The number of ether oxygens (including phenoxy) is 1. The van der Waals surface area contributed by atoms with Crippen molar-refractivity contribution < 1.29 is 14.0 Å². The smallest absolute Gasteiger partial charge is 0.310 e. The van der Waals surface area contributed by atoms with Crippen LogP contribution >= 0.6 is 0 Å². The normalized spacial score (nSPS) is 13.7. The predicted octanol–water partition coefficient (Wildman–Crippen LogP) is 4.07. The zero-order valence-electron chi connectivity index (χ0n) is 13.0. The molecule has 0 saturated carbocycles. The van der Waals surface area contributed by atoms with Crippen molar-refractivity contribution in [1.29, 1.82) is 0 Å². The minimum Gasteiger partial charge on any atom is -0.458 e. The monoisotopic (exact) mass is 284 g/mol. The van der Waals surface area contributed by atoms with Crippen LogP contribution in [0.25, 0.3) is 0 Å². The van der Waals surface area contributed by atoms with Crippen LogP contribution < -0.4 is 0 Å². The van der Waals surface area contributed by atoms with E-state index in [1.165, 1.54) is 6.08 Å². The molecule has 0 unspecified atom stereocenters. The largest absolute Gasteiger partial charge is 0.458 e. The average Bonchev–Trinajstić information content (AvgIpc) is 2.26. The van der Waals surface area contributed by atoms with Crippen LogP contribution in [0.4, 0.5) is 0 Å². The van der Waals surface area contributed by atoms with Gasteiger partial charge in [-0.15, -0.1) is 6.58 Å². The molecule has 19 heavy (non-hydrogen) atoms. The molecule has 0 rings (SSSR count). The fraction of sp³-hybridized carbons (Fsp3) is 0.667. The molecule has 4 heteroatoms. The quantitative estimate of drug-likeness (QED) is 0.383. The number of carbonyl (C=O) groups is 1. The SMILES string of the molecule is C=CCC(=O)O[C@@H](C=C)CCO[Si](C)(C)C(C)(C)C. The van der Waals surface area contributed by atoms with Crippen LogP contribution in [0.1, 0.15) is 33.6 Å². The summed E-state index contributed by atoms with van der Waals surface area (Å²) in [6.07, 6.45) is 3.79. The highest BCUT2D eigenvalue weighted by atomic mass is 28.4. The Morgan fingerprint density at radius 1 is 1.32 bits per heavy atom. The Bertz CT molecular complexity index is 316. The molecule has 0 heterocycles. The van der Waals surface area contributed by atoms with Crippen LogP contribution in [-0.4, -0.2) is 27.0 Å². The highest BCUT2D eigenvalue weighted by Crippen LogP contribution is 2.36. The van der Waals surface area contributed by atoms with Crippen LogP contribution in [-0.2, 0) is 14.0 Å². The van der Waals surface area contributed by atoms with E-state index in [0.717, 1.165) is 0 Å². The van der Waals surface area contributed by atoms with Gasteiger partial charge in [-0.25, -0.2) is 0 Å². The van der Waals surface area contributed by atoms with E-state index in [9.17, 15) is 4.79 Å². The summed E-state index contributed by atoms with van der Waals surface area (Å²) in [5, 5.41) is 0.191. The lowest BCUT2D eigenvalue weighted by Gasteiger charge is -2.36. The van der Waals surface area contributed by atoms with Crippen molar-refractivity contribution in [2.75, 3.05) is 6.61 Å². The Balaban J connectivity index is 4.20. The molecule has 0 saturated heterocycles. The summed E-state index contributed by atoms with van der Waals surface area (Å²) in [6.45, 7) is 18.8. The molecule has 3 nitrogen and oxygen atoms in total. The molecule has 0 N–H and O–H groups in total. The molecule has 0 aromatic carbocycles. The van der Waals surface area contributed by atoms with Crippen molar-refractivity contribution in [2.24, 2.45) is 0 Å². The summed E-state index contributed by atoms with van der Waals surface area (Å²) in [5.41, 5.74) is 0. The van der Waals surface area contributed by atoms with E-state index in [2.05, 4.69) is 47.0 Å². The molecular formula is C15H28O3Si. The number of esters is 1. The zero-order chi connectivity index (χ0) is 15.1. The third kappa shape index (κ3) is 6.73. The highest BCUT2D eigenvalue weighted by Gasteiger charge is 2.37. The lowest BCUT2D eigenvalue weighted by Crippen LogP contribution is -2.41. The number of carbonyl (C=O) groups excluding carboxylic acids is 1. The molecule has 110 valence electrons. The van der Waals surface area contributed by atoms with E-state index in [-0.39, 0.29) is 23.5 Å². The maximum Gasteiger partial charge on any atom is 0.310 e. The molecule has 0 radical (unpaired) electrons. The van der Waals surface area contributed by atoms with Crippen LogP contribution in [0.3, 0.4) is 0 Å². The van der Waals surface area contributed by atoms with Crippen LogP contribution in [0.15, 0.2) is 25.3 Å². The first-order valence-corrected chi connectivity index (χ1v) is 9.61. The maximum absolute atomic E-state index is 11.4. The lowest BCUT2D eigenvalue weighted by molar-refractivity contribution is -0.146. The Morgan fingerprint density at radius 3 is 2.32 bits per heavy atom. The molecule has 0 aromatic heterocycles. The van der Waals surface area contributed by atoms with Gasteiger partial charge in [-0.2, -0.15) is 0 Å². The topological polar surface area (TPSA) is 35.5 Å². The van der Waals surface area contributed by atoms with Gasteiger partial charge in [-0.1, -0.05) is 39.5 Å². The molecule has 0 aliphatic carbocycles. The summed E-state index contributed by atoms with van der Waals surface area (Å²) in [4.78, 5) is 11.4. The van der Waals surface area contributed by atoms with Gasteiger partial charge in [0.05, 0.1) is 6.42 Å². The van der Waals surface area contributed by atoms with Crippen molar-refractivity contribution in [2.45, 2.75) is 57.8 Å². The highest BCUT2D eigenvalue weighted by molar-refractivity contribution is 6.74. The first-order valence-electron chi connectivity index (χ1n) is 6.71. The minimum atomic E-state index is -1.73. The molecule has 0 amide bonds. The molecule has 0 aliphatic heterocycles. The summed E-state index contributed by atoms with van der Waals surface area (Å²) < 4.78 is 11.3. The minimum absolute atomic E-state index is 0.191. The molecular weight excluding hydrogens is 256 g/mol. The Labute approximate surface area is 118 Å². The third-order valence-corrected chi connectivity index (χ3v) is 8.07. The fourth-order valence-electron chi connectivity index (χ4n) is 1.21. The van der Waals surface area contributed by atoms with E-state index >= 15 is 0 Å². The van der Waals surface area contributed by atoms with E-state index in [0.29, 0.717) is 13.0 Å². The van der Waals surface area contributed by atoms with E-state index in [1.807, 2.05) is 0 Å². The first-order chi connectivity index (χ1) is 8.64. The van der Waals surface area contributed by atoms with Gasteiger partial charge in [0.15, 0.2) is 8.32 Å². The Morgan fingerprint density at radius 2 is 1.89 bits per heavy atom. The van der Waals surface area contributed by atoms with Gasteiger partial charge < -0.3 is 9.16 Å². The Kier molecular flexibility index (Phi) is 7.30. The van der Waals surface area contributed by atoms with Crippen LogP contribution in [0.2, 0.25) is 18.1 Å². The lowest BCUT2D eigenvalue weighted by atomic mass is 10.2. The van der Waals surface area contributed by atoms with Crippen molar-refractivity contribution >= 4 is 14.3 Å². The summed E-state index contributed by atoms with van der Waals surface area (Å²) in [5.74, 6) is -0.271.